The lowest BCUT2D eigenvalue weighted by molar-refractivity contribution is 0.0921. The number of carbonyl (C=O) groups is 1. The third-order valence-corrected chi connectivity index (χ3v) is 2.95. The molecule has 5 heteroatoms. The van der Waals surface area contributed by atoms with Gasteiger partial charge in [-0.3, -0.25) is 4.79 Å². The first-order chi connectivity index (χ1) is 10.1. The van der Waals surface area contributed by atoms with Crippen molar-refractivity contribution < 1.29 is 23.8 Å². The number of hydrogen-bond acceptors (Lipinski definition) is 4. The number of hydrogen-bond donors (Lipinski definition) is 1. The van der Waals surface area contributed by atoms with Gasteiger partial charge in [-0.1, -0.05) is 12.1 Å². The lowest BCUT2D eigenvalue weighted by Crippen LogP contribution is -2.12. The van der Waals surface area contributed by atoms with Crippen LogP contribution < -0.4 is 9.47 Å². The molecule has 1 N–H and O–H groups in total. The molecule has 110 valence electrons. The summed E-state index contributed by atoms with van der Waals surface area (Å²) in [6, 6.07) is 10.7. The smallest absolute Gasteiger partial charge is 0.200 e. The molecule has 0 aliphatic heterocycles. The minimum Gasteiger partial charge on any atom is -0.494 e. The molecule has 0 heterocycles. The second-order valence-corrected chi connectivity index (χ2v) is 4.36. The highest BCUT2D eigenvalue weighted by Gasteiger charge is 2.11. The van der Waals surface area contributed by atoms with Crippen LogP contribution in [0.15, 0.2) is 42.5 Å². The predicted octanol–water partition coefficient (Wildman–Crippen LogP) is 2.59. The third kappa shape index (κ3) is 3.79. The summed E-state index contributed by atoms with van der Waals surface area (Å²) in [5, 5.41) is 8.92. The molecule has 2 rings (SSSR count). The van der Waals surface area contributed by atoms with Crippen molar-refractivity contribution in [2.45, 2.75) is 6.61 Å². The van der Waals surface area contributed by atoms with Gasteiger partial charge >= 0.3 is 0 Å². The third-order valence-electron chi connectivity index (χ3n) is 2.95. The Morgan fingerprint density at radius 1 is 1.19 bits per heavy atom. The molecule has 2 aromatic carbocycles. The number of aliphatic hydroxyl groups excluding tert-OH is 1. The maximum absolute atomic E-state index is 13.5. The van der Waals surface area contributed by atoms with E-state index in [4.69, 9.17) is 14.6 Å². The van der Waals surface area contributed by atoms with Crippen LogP contribution in [0.25, 0.3) is 0 Å². The summed E-state index contributed by atoms with van der Waals surface area (Å²) in [6.45, 7) is -0.241. The van der Waals surface area contributed by atoms with E-state index in [0.717, 1.165) is 11.6 Å². The van der Waals surface area contributed by atoms with Crippen LogP contribution in [0.5, 0.6) is 11.5 Å². The maximum Gasteiger partial charge on any atom is 0.200 e. The summed E-state index contributed by atoms with van der Waals surface area (Å²) in [7, 11) is 1.36. The monoisotopic (exact) mass is 290 g/mol. The first kappa shape index (κ1) is 15.0. The van der Waals surface area contributed by atoms with Gasteiger partial charge in [0.2, 0.25) is 0 Å². The van der Waals surface area contributed by atoms with E-state index in [2.05, 4.69) is 0 Å². The zero-order chi connectivity index (χ0) is 15.2. The Hall–Kier alpha value is -2.40. The molecule has 0 aliphatic carbocycles. The molecular weight excluding hydrogens is 275 g/mol. The Balaban J connectivity index is 1.99. The van der Waals surface area contributed by atoms with E-state index in [1.54, 1.807) is 24.3 Å². The van der Waals surface area contributed by atoms with Crippen LogP contribution in [0.1, 0.15) is 15.9 Å². The van der Waals surface area contributed by atoms with Gasteiger partial charge in [-0.25, -0.2) is 4.39 Å². The van der Waals surface area contributed by atoms with Crippen LogP contribution in [-0.2, 0) is 6.61 Å². The van der Waals surface area contributed by atoms with Crippen LogP contribution in [0, 0.1) is 5.82 Å². The van der Waals surface area contributed by atoms with Crippen molar-refractivity contribution in [2.24, 2.45) is 0 Å². The van der Waals surface area contributed by atoms with Crippen LogP contribution in [0.2, 0.25) is 0 Å². The Morgan fingerprint density at radius 2 is 1.90 bits per heavy atom. The van der Waals surface area contributed by atoms with E-state index in [9.17, 15) is 9.18 Å². The van der Waals surface area contributed by atoms with Crippen LogP contribution in [0.3, 0.4) is 0 Å². The highest BCUT2D eigenvalue weighted by atomic mass is 19.1. The van der Waals surface area contributed by atoms with Gasteiger partial charge in [-0.15, -0.1) is 0 Å². The first-order valence-electron chi connectivity index (χ1n) is 6.33. The molecule has 0 aromatic heterocycles. The quantitative estimate of drug-likeness (QED) is 0.831. The van der Waals surface area contributed by atoms with E-state index in [0.29, 0.717) is 5.75 Å². The fourth-order valence-corrected chi connectivity index (χ4v) is 1.76. The molecule has 0 spiro atoms. The molecule has 0 aliphatic rings. The largest absolute Gasteiger partial charge is 0.494 e. The van der Waals surface area contributed by atoms with E-state index in [-0.39, 0.29) is 30.3 Å². The number of aliphatic hydroxyl groups is 1. The number of rotatable bonds is 6. The summed E-state index contributed by atoms with van der Waals surface area (Å²) in [5.41, 5.74) is 0.978. The topological polar surface area (TPSA) is 55.8 Å². The standard InChI is InChI=1S/C16H15FO4/c1-20-16-7-4-12(8-14(16)17)15(19)10-21-13-5-2-11(9-18)3-6-13/h2-8,18H,9-10H2,1H3. The van der Waals surface area contributed by atoms with Gasteiger partial charge in [0.25, 0.3) is 0 Å². The Bertz CT molecular complexity index is 623. The predicted molar refractivity (Wildman–Crippen MR) is 75.1 cm³/mol. The first-order valence-corrected chi connectivity index (χ1v) is 6.33. The van der Waals surface area contributed by atoms with Crippen molar-refractivity contribution in [3.63, 3.8) is 0 Å². The molecule has 0 radical (unpaired) electrons. The van der Waals surface area contributed by atoms with Crippen molar-refractivity contribution in [2.75, 3.05) is 13.7 Å². The summed E-state index contributed by atoms with van der Waals surface area (Å²) in [5.74, 6) is -0.319. The lowest BCUT2D eigenvalue weighted by Gasteiger charge is -2.07. The number of ketones is 1. The molecule has 0 saturated carbocycles. The minimum atomic E-state index is -0.587. The molecule has 0 bridgehead atoms. The van der Waals surface area contributed by atoms with Gasteiger partial charge in [0.15, 0.2) is 24.0 Å². The summed E-state index contributed by atoms with van der Waals surface area (Å²) in [4.78, 5) is 11.9. The van der Waals surface area contributed by atoms with Gasteiger partial charge in [0.1, 0.15) is 5.75 Å². The van der Waals surface area contributed by atoms with Gasteiger partial charge in [0, 0.05) is 5.56 Å². The van der Waals surface area contributed by atoms with Crippen molar-refractivity contribution in [1.82, 2.24) is 0 Å². The Morgan fingerprint density at radius 3 is 2.48 bits per heavy atom. The van der Waals surface area contributed by atoms with Crippen LogP contribution in [0.4, 0.5) is 4.39 Å². The van der Waals surface area contributed by atoms with Crippen LogP contribution >= 0.6 is 0 Å². The molecule has 0 saturated heterocycles. The number of Topliss-reactive ketones (excluding diaryl/α,β-unsaturated/α-hetero) is 1. The summed E-state index contributed by atoms with van der Waals surface area (Å²) in [6.07, 6.45) is 0. The number of ether oxygens (including phenoxy) is 2. The summed E-state index contributed by atoms with van der Waals surface area (Å²) >= 11 is 0. The van der Waals surface area contributed by atoms with Crippen LogP contribution in [-0.4, -0.2) is 24.6 Å². The molecule has 0 fully saturated rings. The zero-order valence-electron chi connectivity index (χ0n) is 11.5. The van der Waals surface area contributed by atoms with Gasteiger partial charge in [-0.2, -0.15) is 0 Å². The van der Waals surface area contributed by atoms with E-state index in [1.807, 2.05) is 0 Å². The number of benzene rings is 2. The average molecular weight is 290 g/mol. The van der Waals surface area contributed by atoms with Crippen molar-refractivity contribution in [1.29, 1.82) is 0 Å². The molecular formula is C16H15FO4. The fraction of sp³-hybridized carbons (Fsp3) is 0.188. The Labute approximate surface area is 121 Å². The minimum absolute atomic E-state index is 0.0513. The SMILES string of the molecule is COc1ccc(C(=O)COc2ccc(CO)cc2)cc1F. The van der Waals surface area contributed by atoms with E-state index < -0.39 is 5.82 Å². The van der Waals surface area contributed by atoms with Gasteiger partial charge in [-0.05, 0) is 35.9 Å². The number of methoxy groups -OCH3 is 1. The second-order valence-electron chi connectivity index (χ2n) is 4.36. The summed E-state index contributed by atoms with van der Waals surface area (Å²) < 4.78 is 23.6. The normalized spacial score (nSPS) is 10.2. The molecule has 0 amide bonds. The number of carbonyl (C=O) groups excluding carboxylic acids is 1. The van der Waals surface area contributed by atoms with E-state index in [1.165, 1.54) is 19.2 Å². The van der Waals surface area contributed by atoms with Gasteiger partial charge in [0.05, 0.1) is 13.7 Å². The van der Waals surface area contributed by atoms with Crippen molar-refractivity contribution >= 4 is 5.78 Å². The molecule has 21 heavy (non-hydrogen) atoms. The molecule has 0 unspecified atom stereocenters. The zero-order valence-corrected chi connectivity index (χ0v) is 11.5. The van der Waals surface area contributed by atoms with E-state index >= 15 is 0 Å². The molecule has 0 atom stereocenters. The van der Waals surface area contributed by atoms with Crippen molar-refractivity contribution in [3.05, 3.63) is 59.4 Å². The maximum atomic E-state index is 13.5. The molecule has 2 aromatic rings. The van der Waals surface area contributed by atoms with Gasteiger partial charge < -0.3 is 14.6 Å². The Kier molecular flexibility index (Phi) is 4.90. The molecule has 4 nitrogen and oxygen atoms in total. The highest BCUT2D eigenvalue weighted by molar-refractivity contribution is 5.97. The number of halogens is 1. The average Bonchev–Trinajstić information content (AvgIpc) is 2.53. The highest BCUT2D eigenvalue weighted by Crippen LogP contribution is 2.18. The van der Waals surface area contributed by atoms with Crippen molar-refractivity contribution in [3.8, 4) is 11.5 Å². The second kappa shape index (κ2) is 6.85. The fourth-order valence-electron chi connectivity index (χ4n) is 1.76. The lowest BCUT2D eigenvalue weighted by atomic mass is 10.1.